The number of benzene rings is 1. The Bertz CT molecular complexity index is 788. The van der Waals surface area contributed by atoms with E-state index in [2.05, 4.69) is 15.2 Å². The Hall–Kier alpha value is -1.08. The Morgan fingerprint density at radius 1 is 1.23 bits per heavy atom. The van der Waals surface area contributed by atoms with Crippen molar-refractivity contribution in [1.82, 2.24) is 15.2 Å². The molecule has 0 bridgehead atoms. The molecule has 0 saturated heterocycles. The van der Waals surface area contributed by atoms with Crippen LogP contribution in [-0.2, 0) is 12.2 Å². The van der Waals surface area contributed by atoms with Crippen molar-refractivity contribution in [3.63, 3.8) is 0 Å². The van der Waals surface area contributed by atoms with Crippen molar-refractivity contribution in [2.75, 3.05) is 0 Å². The summed E-state index contributed by atoms with van der Waals surface area (Å²) in [7, 11) is 0. The maximum atomic E-state index is 5.99. The minimum atomic E-state index is 0.535. The van der Waals surface area contributed by atoms with Gasteiger partial charge in [0.05, 0.1) is 27.2 Å². The van der Waals surface area contributed by atoms with Gasteiger partial charge in [-0.2, -0.15) is 0 Å². The predicted molar refractivity (Wildman–Crippen MR) is 90.0 cm³/mol. The molecule has 0 amide bonds. The highest BCUT2D eigenvalue weighted by Crippen LogP contribution is 2.27. The first-order valence-corrected chi connectivity index (χ1v) is 9.02. The molecule has 0 aliphatic carbocycles. The summed E-state index contributed by atoms with van der Waals surface area (Å²) in [5.41, 5.74) is 2.00. The molecule has 0 fully saturated rings. The Labute approximate surface area is 145 Å². The third-order valence-corrected chi connectivity index (χ3v) is 5.24. The molecule has 0 saturated carbocycles. The number of hydrogen-bond acceptors (Lipinski definition) is 6. The second kappa shape index (κ2) is 7.00. The van der Waals surface area contributed by atoms with Crippen LogP contribution in [0.25, 0.3) is 0 Å². The summed E-state index contributed by atoms with van der Waals surface area (Å²) in [6.07, 6.45) is 0.560. The molecule has 0 N–H and O–H groups in total. The quantitative estimate of drug-likeness (QED) is 0.589. The molecule has 4 nitrogen and oxygen atoms in total. The molecule has 0 spiro atoms. The van der Waals surface area contributed by atoms with Gasteiger partial charge in [-0.1, -0.05) is 41.0 Å². The zero-order valence-electron chi connectivity index (χ0n) is 11.5. The van der Waals surface area contributed by atoms with Crippen LogP contribution in [0.15, 0.2) is 33.2 Å². The average molecular weight is 372 g/mol. The van der Waals surface area contributed by atoms with Crippen LogP contribution in [-0.4, -0.2) is 15.2 Å². The van der Waals surface area contributed by atoms with Crippen LogP contribution < -0.4 is 0 Å². The SMILES string of the molecule is Cc1nc(Cc2nnc(SCc3ccc(Cl)c(Cl)c3)o2)cs1. The van der Waals surface area contributed by atoms with Crippen LogP contribution in [0.1, 0.15) is 22.2 Å². The van der Waals surface area contributed by atoms with Crippen molar-refractivity contribution < 1.29 is 4.42 Å². The lowest BCUT2D eigenvalue weighted by atomic mass is 10.2. The van der Waals surface area contributed by atoms with Gasteiger partial charge in [-0.05, 0) is 24.6 Å². The van der Waals surface area contributed by atoms with Crippen LogP contribution in [0.4, 0.5) is 0 Å². The molecule has 22 heavy (non-hydrogen) atoms. The minimum Gasteiger partial charge on any atom is -0.416 e. The topological polar surface area (TPSA) is 51.8 Å². The van der Waals surface area contributed by atoms with Gasteiger partial charge in [-0.15, -0.1) is 21.5 Å². The largest absolute Gasteiger partial charge is 0.416 e. The molecular formula is C14H11Cl2N3OS2. The highest BCUT2D eigenvalue weighted by molar-refractivity contribution is 7.98. The number of halogens is 2. The van der Waals surface area contributed by atoms with E-state index in [1.54, 1.807) is 17.4 Å². The summed E-state index contributed by atoms with van der Waals surface area (Å²) in [6.45, 7) is 1.97. The smallest absolute Gasteiger partial charge is 0.276 e. The van der Waals surface area contributed by atoms with Gasteiger partial charge >= 0.3 is 0 Å². The number of hydrogen-bond donors (Lipinski definition) is 0. The normalized spacial score (nSPS) is 11.0. The molecule has 3 rings (SSSR count). The monoisotopic (exact) mass is 371 g/mol. The fraction of sp³-hybridized carbons (Fsp3) is 0.214. The van der Waals surface area contributed by atoms with Crippen molar-refractivity contribution in [3.8, 4) is 0 Å². The molecule has 8 heteroatoms. The molecule has 0 aliphatic heterocycles. The summed E-state index contributed by atoms with van der Waals surface area (Å²) in [6, 6.07) is 5.55. The minimum absolute atomic E-state index is 0.535. The van der Waals surface area contributed by atoms with E-state index in [9.17, 15) is 0 Å². The van der Waals surface area contributed by atoms with E-state index in [1.165, 1.54) is 11.8 Å². The Balaban J connectivity index is 1.60. The van der Waals surface area contributed by atoms with Gasteiger partial charge in [-0.25, -0.2) is 4.98 Å². The van der Waals surface area contributed by atoms with E-state index in [-0.39, 0.29) is 0 Å². The van der Waals surface area contributed by atoms with E-state index >= 15 is 0 Å². The summed E-state index contributed by atoms with van der Waals surface area (Å²) >= 11 is 15.0. The summed E-state index contributed by atoms with van der Waals surface area (Å²) < 4.78 is 5.62. The highest BCUT2D eigenvalue weighted by Gasteiger charge is 2.10. The first-order chi connectivity index (χ1) is 10.6. The molecule has 0 radical (unpaired) electrons. The number of thiazole rings is 1. The number of nitrogens with zero attached hydrogens (tertiary/aromatic N) is 3. The third kappa shape index (κ3) is 4.01. The fourth-order valence-electron chi connectivity index (χ4n) is 1.79. The zero-order chi connectivity index (χ0) is 15.5. The lowest BCUT2D eigenvalue weighted by Crippen LogP contribution is -1.88. The fourth-order valence-corrected chi connectivity index (χ4v) is 3.44. The van der Waals surface area contributed by atoms with Crippen molar-refractivity contribution >= 4 is 46.3 Å². The predicted octanol–water partition coefficient (Wildman–Crippen LogP) is 5.02. The number of aryl methyl sites for hydroxylation is 1. The summed E-state index contributed by atoms with van der Waals surface area (Å²) in [5, 5.41) is 12.7. The van der Waals surface area contributed by atoms with Crippen molar-refractivity contribution in [3.05, 3.63) is 55.8 Å². The molecule has 0 unspecified atom stereocenters. The van der Waals surface area contributed by atoms with E-state index in [0.717, 1.165) is 16.3 Å². The van der Waals surface area contributed by atoms with E-state index in [1.807, 2.05) is 24.4 Å². The van der Waals surface area contributed by atoms with Crippen molar-refractivity contribution in [2.45, 2.75) is 24.3 Å². The zero-order valence-corrected chi connectivity index (χ0v) is 14.7. The molecule has 1 aromatic carbocycles. The molecule has 3 aromatic rings. The first-order valence-electron chi connectivity index (χ1n) is 6.40. The summed E-state index contributed by atoms with van der Waals surface area (Å²) in [5.74, 6) is 1.26. The first kappa shape index (κ1) is 15.8. The second-order valence-electron chi connectivity index (χ2n) is 4.53. The van der Waals surface area contributed by atoms with Gasteiger partial charge in [-0.3, -0.25) is 0 Å². The average Bonchev–Trinajstić information content (AvgIpc) is 3.10. The third-order valence-electron chi connectivity index (χ3n) is 2.79. The van der Waals surface area contributed by atoms with Gasteiger partial charge in [0.15, 0.2) is 0 Å². The molecule has 2 heterocycles. The van der Waals surface area contributed by atoms with Gasteiger partial charge in [0, 0.05) is 11.1 Å². The Morgan fingerprint density at radius 3 is 2.82 bits per heavy atom. The van der Waals surface area contributed by atoms with Gasteiger partial charge in [0.1, 0.15) is 0 Å². The number of thioether (sulfide) groups is 1. The molecule has 0 aliphatic rings. The van der Waals surface area contributed by atoms with E-state index < -0.39 is 0 Å². The lowest BCUT2D eigenvalue weighted by molar-refractivity contribution is 0.419. The van der Waals surface area contributed by atoms with E-state index in [0.29, 0.717) is 33.3 Å². The van der Waals surface area contributed by atoms with E-state index in [4.69, 9.17) is 27.6 Å². The maximum absolute atomic E-state index is 5.99. The van der Waals surface area contributed by atoms with Crippen LogP contribution in [0.3, 0.4) is 0 Å². The van der Waals surface area contributed by atoms with Crippen LogP contribution in [0.2, 0.25) is 10.0 Å². The van der Waals surface area contributed by atoms with Gasteiger partial charge < -0.3 is 4.42 Å². The maximum Gasteiger partial charge on any atom is 0.276 e. The molecule has 114 valence electrons. The number of rotatable bonds is 5. The molecular weight excluding hydrogens is 361 g/mol. The van der Waals surface area contributed by atoms with Crippen molar-refractivity contribution in [2.24, 2.45) is 0 Å². The van der Waals surface area contributed by atoms with Gasteiger partial charge in [0.2, 0.25) is 5.89 Å². The Kier molecular flexibility index (Phi) is 5.03. The van der Waals surface area contributed by atoms with Crippen LogP contribution in [0.5, 0.6) is 0 Å². The van der Waals surface area contributed by atoms with Crippen LogP contribution >= 0.6 is 46.3 Å². The standard InChI is InChI=1S/C14H11Cl2N3OS2/c1-8-17-10(7-21-8)5-13-18-19-14(20-13)22-6-9-2-3-11(15)12(16)4-9/h2-4,7H,5-6H2,1H3. The highest BCUT2D eigenvalue weighted by atomic mass is 35.5. The Morgan fingerprint density at radius 2 is 2.09 bits per heavy atom. The molecule has 2 aromatic heterocycles. The van der Waals surface area contributed by atoms with Crippen molar-refractivity contribution in [1.29, 1.82) is 0 Å². The summed E-state index contributed by atoms with van der Waals surface area (Å²) in [4.78, 5) is 4.38. The molecule has 0 atom stereocenters. The lowest BCUT2D eigenvalue weighted by Gasteiger charge is -2.00. The second-order valence-corrected chi connectivity index (χ2v) is 7.34. The number of aromatic nitrogens is 3. The van der Waals surface area contributed by atoms with Crippen LogP contribution in [0, 0.1) is 6.92 Å². The van der Waals surface area contributed by atoms with Gasteiger partial charge in [0.25, 0.3) is 5.22 Å².